The molecule has 180 valence electrons. The van der Waals surface area contributed by atoms with E-state index in [-0.39, 0.29) is 5.91 Å². The summed E-state index contributed by atoms with van der Waals surface area (Å²) in [6, 6.07) is 16.3. The van der Waals surface area contributed by atoms with Crippen LogP contribution < -0.4 is 0 Å². The van der Waals surface area contributed by atoms with Crippen LogP contribution in [0.15, 0.2) is 70.4 Å². The van der Waals surface area contributed by atoms with Gasteiger partial charge in [0.05, 0.1) is 6.33 Å². The van der Waals surface area contributed by atoms with Crippen molar-refractivity contribution in [3.8, 4) is 0 Å². The lowest BCUT2D eigenvalue weighted by molar-refractivity contribution is 0.0772. The van der Waals surface area contributed by atoms with Gasteiger partial charge in [0, 0.05) is 59.0 Å². The van der Waals surface area contributed by atoms with E-state index in [9.17, 15) is 4.79 Å². The first-order valence-corrected chi connectivity index (χ1v) is 13.6. The number of H-pyrrole nitrogens is 1. The summed E-state index contributed by atoms with van der Waals surface area (Å²) in [4.78, 5) is 27.7. The topological polar surface area (TPSA) is 52.2 Å². The highest BCUT2D eigenvalue weighted by atomic mass is 32.2. The third-order valence-electron chi connectivity index (χ3n) is 7.92. The fourth-order valence-corrected chi connectivity index (χ4v) is 7.31. The summed E-state index contributed by atoms with van der Waals surface area (Å²) in [5, 5.41) is 0. The highest BCUT2D eigenvalue weighted by Crippen LogP contribution is 2.50. The van der Waals surface area contributed by atoms with Crippen molar-refractivity contribution in [1.29, 1.82) is 0 Å². The van der Waals surface area contributed by atoms with Crippen LogP contribution in [-0.2, 0) is 6.54 Å². The van der Waals surface area contributed by atoms with E-state index in [0.29, 0.717) is 12.1 Å². The van der Waals surface area contributed by atoms with Gasteiger partial charge in [-0.1, -0.05) is 41.6 Å². The molecule has 2 atom stereocenters. The largest absolute Gasteiger partial charge is 0.347 e. The molecule has 0 radical (unpaired) electrons. The minimum atomic E-state index is 0.122. The van der Waals surface area contributed by atoms with E-state index in [2.05, 4.69) is 51.3 Å². The zero-order chi connectivity index (χ0) is 23.9. The van der Waals surface area contributed by atoms with Crippen LogP contribution >= 0.6 is 11.8 Å². The van der Waals surface area contributed by atoms with E-state index >= 15 is 0 Å². The Kier molecular flexibility index (Phi) is 6.02. The van der Waals surface area contributed by atoms with E-state index in [0.717, 1.165) is 38.0 Å². The molecule has 2 aromatic carbocycles. The minimum absolute atomic E-state index is 0.122. The van der Waals surface area contributed by atoms with Gasteiger partial charge in [-0.25, -0.2) is 4.98 Å². The number of carbonyl (C=O) groups excluding carboxylic acids is 1. The van der Waals surface area contributed by atoms with Gasteiger partial charge in [0.2, 0.25) is 0 Å². The van der Waals surface area contributed by atoms with Crippen molar-refractivity contribution in [3.05, 3.63) is 82.9 Å². The maximum atomic E-state index is 13.1. The van der Waals surface area contributed by atoms with Gasteiger partial charge >= 0.3 is 0 Å². The van der Waals surface area contributed by atoms with Crippen molar-refractivity contribution < 1.29 is 4.79 Å². The fourth-order valence-electron chi connectivity index (χ4n) is 6.18. The van der Waals surface area contributed by atoms with Crippen LogP contribution in [-0.4, -0.2) is 50.8 Å². The molecule has 2 fully saturated rings. The number of hydrogen-bond acceptors (Lipinski definition) is 4. The van der Waals surface area contributed by atoms with Gasteiger partial charge in [-0.2, -0.15) is 0 Å². The van der Waals surface area contributed by atoms with Gasteiger partial charge in [0.25, 0.3) is 5.91 Å². The Hall–Kier alpha value is -2.83. The number of benzene rings is 2. The maximum absolute atomic E-state index is 13.1. The molecule has 2 bridgehead atoms. The van der Waals surface area contributed by atoms with Gasteiger partial charge in [-0.15, -0.1) is 0 Å². The number of rotatable bonds is 5. The second-order valence-electron chi connectivity index (χ2n) is 9.81. The average Bonchev–Trinajstić information content (AvgIpc) is 3.47. The molecule has 2 saturated heterocycles. The first kappa shape index (κ1) is 22.6. The van der Waals surface area contributed by atoms with Gasteiger partial charge in [-0.3, -0.25) is 9.69 Å². The second kappa shape index (κ2) is 9.32. The summed E-state index contributed by atoms with van der Waals surface area (Å²) in [7, 11) is 0. The summed E-state index contributed by atoms with van der Waals surface area (Å²) in [6.45, 7) is 6.50. The number of aromatic nitrogens is 2. The zero-order valence-corrected chi connectivity index (χ0v) is 21.3. The zero-order valence-electron chi connectivity index (χ0n) is 20.5. The van der Waals surface area contributed by atoms with Crippen LogP contribution in [0, 0.1) is 0 Å². The number of hydrogen-bond donors (Lipinski definition) is 1. The van der Waals surface area contributed by atoms with Crippen LogP contribution in [0.4, 0.5) is 0 Å². The number of fused-ring (bicyclic) bond motifs is 4. The predicted molar refractivity (Wildman–Crippen MR) is 140 cm³/mol. The lowest BCUT2D eigenvalue weighted by atomic mass is 9.85. The Labute approximate surface area is 211 Å². The van der Waals surface area contributed by atoms with Crippen LogP contribution in [0.2, 0.25) is 0 Å². The third-order valence-corrected chi connectivity index (χ3v) is 9.05. The molecule has 35 heavy (non-hydrogen) atoms. The maximum Gasteiger partial charge on any atom is 0.253 e. The van der Waals surface area contributed by atoms with Crippen LogP contribution in [0.5, 0.6) is 0 Å². The molecule has 1 N–H and O–H groups in total. The number of carbonyl (C=O) groups is 1. The number of aromatic amines is 1. The van der Waals surface area contributed by atoms with Crippen LogP contribution in [0.3, 0.4) is 0 Å². The quantitative estimate of drug-likeness (QED) is 0.378. The molecule has 5 nitrogen and oxygen atoms in total. The van der Waals surface area contributed by atoms with Crippen LogP contribution in [0.1, 0.15) is 66.7 Å². The smallest absolute Gasteiger partial charge is 0.253 e. The molecule has 1 amide bonds. The molecule has 3 aromatic rings. The van der Waals surface area contributed by atoms with E-state index in [1.165, 1.54) is 45.0 Å². The Morgan fingerprint density at radius 2 is 1.80 bits per heavy atom. The first-order chi connectivity index (χ1) is 17.2. The summed E-state index contributed by atoms with van der Waals surface area (Å²) >= 11 is 1.80. The van der Waals surface area contributed by atoms with Crippen molar-refractivity contribution in [3.63, 3.8) is 0 Å². The molecule has 4 heterocycles. The molecular formula is C29H32N4OS. The Bertz CT molecular complexity index is 1260. The van der Waals surface area contributed by atoms with Crippen molar-refractivity contribution >= 4 is 23.2 Å². The molecule has 0 spiro atoms. The number of nitrogens with one attached hydrogen (secondary N) is 1. The van der Waals surface area contributed by atoms with Crippen molar-refractivity contribution in [2.24, 2.45) is 0 Å². The van der Waals surface area contributed by atoms with E-state index in [1.54, 1.807) is 23.7 Å². The molecule has 0 aliphatic carbocycles. The lowest BCUT2D eigenvalue weighted by Crippen LogP contribution is -2.40. The normalized spacial score (nSPS) is 21.1. The predicted octanol–water partition coefficient (Wildman–Crippen LogP) is 5.99. The third kappa shape index (κ3) is 4.03. The number of imidazole rings is 1. The van der Waals surface area contributed by atoms with Crippen molar-refractivity contribution in [1.82, 2.24) is 19.8 Å². The first-order valence-electron chi connectivity index (χ1n) is 12.8. The van der Waals surface area contributed by atoms with Crippen molar-refractivity contribution in [2.75, 3.05) is 13.1 Å². The minimum Gasteiger partial charge on any atom is -0.347 e. The van der Waals surface area contributed by atoms with E-state index in [1.807, 2.05) is 31.0 Å². The molecular weight excluding hydrogens is 452 g/mol. The molecule has 6 heteroatoms. The summed E-state index contributed by atoms with van der Waals surface area (Å²) in [6.07, 6.45) is 8.47. The molecule has 0 saturated carbocycles. The second-order valence-corrected chi connectivity index (χ2v) is 10.9. The Morgan fingerprint density at radius 3 is 2.51 bits per heavy atom. The SMILES string of the molecule is CCN(CC)C(=O)c1ccc2c(c1)Sc1ccccc1C2=C1CC2CCC(C1)N2Cc1cnc[nH]1. The number of piperidine rings is 1. The lowest BCUT2D eigenvalue weighted by Gasteiger charge is -2.38. The molecule has 6 rings (SSSR count). The summed E-state index contributed by atoms with van der Waals surface area (Å²) in [5.41, 5.74) is 7.63. The summed E-state index contributed by atoms with van der Waals surface area (Å²) in [5.74, 6) is 0.122. The van der Waals surface area contributed by atoms with E-state index in [4.69, 9.17) is 0 Å². The summed E-state index contributed by atoms with van der Waals surface area (Å²) < 4.78 is 0. The number of amides is 1. The molecule has 3 aliphatic heterocycles. The average molecular weight is 485 g/mol. The van der Waals surface area contributed by atoms with Gasteiger partial charge in [0.15, 0.2) is 0 Å². The van der Waals surface area contributed by atoms with Gasteiger partial charge in [-0.05, 0) is 74.4 Å². The van der Waals surface area contributed by atoms with Crippen LogP contribution in [0.25, 0.3) is 5.57 Å². The molecule has 2 unspecified atom stereocenters. The van der Waals surface area contributed by atoms with Gasteiger partial charge < -0.3 is 9.88 Å². The standard InChI is InChI=1S/C29H32N4OS/c1-3-32(4-2)29(34)19-9-12-25-27(15-19)35-26-8-6-5-7-24(26)28(25)20-13-22-10-11-23(14-20)33(22)17-21-16-30-18-31-21/h5-9,12,15-16,18,22-23H,3-4,10-11,13-14,17H2,1-2H3,(H,30,31). The molecule has 1 aromatic heterocycles. The Balaban J connectivity index is 1.38. The fraction of sp³-hybridized carbons (Fsp3) is 0.379. The Morgan fingerprint density at radius 1 is 1.06 bits per heavy atom. The highest BCUT2D eigenvalue weighted by Gasteiger charge is 2.40. The van der Waals surface area contributed by atoms with Crippen molar-refractivity contribution in [2.45, 2.75) is 68.0 Å². The van der Waals surface area contributed by atoms with Gasteiger partial charge in [0.1, 0.15) is 0 Å². The number of nitrogens with zero attached hydrogens (tertiary/aromatic N) is 3. The monoisotopic (exact) mass is 484 g/mol. The highest BCUT2D eigenvalue weighted by molar-refractivity contribution is 7.99. The molecule has 3 aliphatic rings. The van der Waals surface area contributed by atoms with E-state index < -0.39 is 0 Å².